The lowest BCUT2D eigenvalue weighted by atomic mass is 10.00. The van der Waals surface area contributed by atoms with Gasteiger partial charge in [0.15, 0.2) is 0 Å². The molecule has 1 rings (SSSR count). The van der Waals surface area contributed by atoms with Crippen LogP contribution in [0.5, 0.6) is 0 Å². The molecule has 0 aromatic heterocycles. The molecule has 0 unspecified atom stereocenters. The molecular formula is C7H14O. The monoisotopic (exact) mass is 114 g/mol. The van der Waals surface area contributed by atoms with E-state index in [2.05, 4.69) is 20.8 Å². The molecule has 1 aliphatic heterocycles. The van der Waals surface area contributed by atoms with Crippen LogP contribution in [0.4, 0.5) is 0 Å². The minimum atomic E-state index is 0.166. The lowest BCUT2D eigenvalue weighted by molar-refractivity contribution is 0.0353. The molecular weight excluding hydrogens is 100 g/mol. The molecule has 0 N–H and O–H groups in total. The van der Waals surface area contributed by atoms with Crippen LogP contribution in [0, 0.1) is 5.92 Å². The van der Waals surface area contributed by atoms with Gasteiger partial charge in [-0.25, -0.2) is 0 Å². The molecule has 0 aromatic carbocycles. The summed E-state index contributed by atoms with van der Waals surface area (Å²) in [4.78, 5) is 0. The highest BCUT2D eigenvalue weighted by molar-refractivity contribution is 4.77. The molecule has 0 aromatic rings. The van der Waals surface area contributed by atoms with Crippen LogP contribution in [0.15, 0.2) is 0 Å². The molecule has 0 amide bonds. The van der Waals surface area contributed by atoms with Crippen molar-refractivity contribution in [3.8, 4) is 0 Å². The van der Waals surface area contributed by atoms with Crippen molar-refractivity contribution in [1.82, 2.24) is 0 Å². The first-order chi connectivity index (χ1) is 3.60. The van der Waals surface area contributed by atoms with Crippen LogP contribution >= 0.6 is 0 Å². The van der Waals surface area contributed by atoms with E-state index < -0.39 is 0 Å². The van der Waals surface area contributed by atoms with Gasteiger partial charge >= 0.3 is 0 Å². The van der Waals surface area contributed by atoms with E-state index in [1.165, 1.54) is 6.42 Å². The van der Waals surface area contributed by atoms with Gasteiger partial charge in [-0.1, -0.05) is 6.92 Å². The third-order valence-corrected chi connectivity index (χ3v) is 1.60. The Bertz CT molecular complexity index is 86.4. The van der Waals surface area contributed by atoms with Gasteiger partial charge in [0.25, 0.3) is 0 Å². The van der Waals surface area contributed by atoms with Crippen molar-refractivity contribution in [3.05, 3.63) is 0 Å². The SMILES string of the molecule is C[C@@H]1COC(C)(C)C1. The number of hydrogen-bond donors (Lipinski definition) is 0. The fourth-order valence-electron chi connectivity index (χ4n) is 1.32. The van der Waals surface area contributed by atoms with E-state index in [9.17, 15) is 0 Å². The minimum absolute atomic E-state index is 0.166. The normalized spacial score (nSPS) is 35.6. The highest BCUT2D eigenvalue weighted by atomic mass is 16.5. The first-order valence-corrected chi connectivity index (χ1v) is 3.24. The molecule has 1 nitrogen and oxygen atoms in total. The second kappa shape index (κ2) is 1.73. The van der Waals surface area contributed by atoms with Crippen molar-refractivity contribution < 1.29 is 4.74 Å². The molecule has 0 radical (unpaired) electrons. The van der Waals surface area contributed by atoms with Gasteiger partial charge in [-0.3, -0.25) is 0 Å². The average molecular weight is 114 g/mol. The highest BCUT2D eigenvalue weighted by Gasteiger charge is 2.28. The van der Waals surface area contributed by atoms with E-state index >= 15 is 0 Å². The Balaban J connectivity index is 2.44. The number of rotatable bonds is 0. The van der Waals surface area contributed by atoms with E-state index in [0.29, 0.717) is 0 Å². The van der Waals surface area contributed by atoms with Crippen molar-refractivity contribution in [2.75, 3.05) is 6.61 Å². The van der Waals surface area contributed by atoms with E-state index in [1.807, 2.05) is 0 Å². The molecule has 0 spiro atoms. The maximum atomic E-state index is 5.45. The molecule has 1 heterocycles. The fraction of sp³-hybridized carbons (Fsp3) is 1.00. The van der Waals surface area contributed by atoms with Crippen LogP contribution < -0.4 is 0 Å². The van der Waals surface area contributed by atoms with Crippen LogP contribution in [-0.4, -0.2) is 12.2 Å². The molecule has 1 aliphatic rings. The zero-order valence-corrected chi connectivity index (χ0v) is 5.90. The molecule has 1 fully saturated rings. The number of hydrogen-bond acceptors (Lipinski definition) is 1. The molecule has 0 saturated carbocycles. The van der Waals surface area contributed by atoms with Gasteiger partial charge in [0, 0.05) is 6.61 Å². The summed E-state index contributed by atoms with van der Waals surface area (Å²) in [6, 6.07) is 0. The van der Waals surface area contributed by atoms with E-state index in [0.717, 1.165) is 12.5 Å². The summed E-state index contributed by atoms with van der Waals surface area (Å²) in [5, 5.41) is 0. The predicted octanol–water partition coefficient (Wildman–Crippen LogP) is 1.82. The summed E-state index contributed by atoms with van der Waals surface area (Å²) in [6.45, 7) is 7.48. The van der Waals surface area contributed by atoms with Crippen LogP contribution in [-0.2, 0) is 4.74 Å². The lowest BCUT2D eigenvalue weighted by Gasteiger charge is -2.14. The van der Waals surface area contributed by atoms with Gasteiger partial charge in [-0.15, -0.1) is 0 Å². The van der Waals surface area contributed by atoms with Crippen molar-refractivity contribution >= 4 is 0 Å². The third kappa shape index (κ3) is 1.22. The van der Waals surface area contributed by atoms with E-state index in [-0.39, 0.29) is 5.60 Å². The Morgan fingerprint density at radius 2 is 2.12 bits per heavy atom. The quantitative estimate of drug-likeness (QED) is 0.466. The van der Waals surface area contributed by atoms with Crippen molar-refractivity contribution in [2.45, 2.75) is 32.8 Å². The second-order valence-corrected chi connectivity index (χ2v) is 3.38. The average Bonchev–Trinajstić information content (AvgIpc) is 1.82. The topological polar surface area (TPSA) is 9.23 Å². The van der Waals surface area contributed by atoms with E-state index in [4.69, 9.17) is 4.74 Å². The van der Waals surface area contributed by atoms with Crippen molar-refractivity contribution in [2.24, 2.45) is 5.92 Å². The predicted molar refractivity (Wildman–Crippen MR) is 33.8 cm³/mol. The van der Waals surface area contributed by atoms with Crippen LogP contribution in [0.3, 0.4) is 0 Å². The van der Waals surface area contributed by atoms with Gasteiger partial charge in [0.1, 0.15) is 0 Å². The van der Waals surface area contributed by atoms with Gasteiger partial charge < -0.3 is 4.74 Å². The minimum Gasteiger partial charge on any atom is -0.375 e. The van der Waals surface area contributed by atoms with Crippen LogP contribution in [0.2, 0.25) is 0 Å². The zero-order chi connectivity index (χ0) is 6.20. The molecule has 1 saturated heterocycles. The molecule has 1 atom stereocenters. The second-order valence-electron chi connectivity index (χ2n) is 3.38. The Labute approximate surface area is 51.0 Å². The summed E-state index contributed by atoms with van der Waals surface area (Å²) >= 11 is 0. The van der Waals surface area contributed by atoms with Crippen LogP contribution in [0.25, 0.3) is 0 Å². The van der Waals surface area contributed by atoms with Gasteiger partial charge in [-0.05, 0) is 26.2 Å². The van der Waals surface area contributed by atoms with Gasteiger partial charge in [0.05, 0.1) is 5.60 Å². The summed E-state index contributed by atoms with van der Waals surface area (Å²) in [5.74, 6) is 0.769. The zero-order valence-electron chi connectivity index (χ0n) is 5.90. The largest absolute Gasteiger partial charge is 0.375 e. The standard InChI is InChI=1S/C7H14O/c1-6-4-7(2,3)8-5-6/h6H,4-5H2,1-3H3/t6-/m0/s1. The maximum Gasteiger partial charge on any atom is 0.0630 e. The van der Waals surface area contributed by atoms with Crippen molar-refractivity contribution in [1.29, 1.82) is 0 Å². The van der Waals surface area contributed by atoms with Crippen LogP contribution in [0.1, 0.15) is 27.2 Å². The highest BCUT2D eigenvalue weighted by Crippen LogP contribution is 2.27. The summed E-state index contributed by atoms with van der Waals surface area (Å²) in [6.07, 6.45) is 1.22. The first-order valence-electron chi connectivity index (χ1n) is 3.24. The Morgan fingerprint density at radius 1 is 1.50 bits per heavy atom. The smallest absolute Gasteiger partial charge is 0.0630 e. The third-order valence-electron chi connectivity index (χ3n) is 1.60. The molecule has 8 heavy (non-hydrogen) atoms. The summed E-state index contributed by atoms with van der Waals surface area (Å²) in [5.41, 5.74) is 0.166. The van der Waals surface area contributed by atoms with Gasteiger partial charge in [-0.2, -0.15) is 0 Å². The maximum absolute atomic E-state index is 5.45. The molecule has 48 valence electrons. The van der Waals surface area contributed by atoms with Gasteiger partial charge in [0.2, 0.25) is 0 Å². The van der Waals surface area contributed by atoms with Crippen molar-refractivity contribution in [3.63, 3.8) is 0 Å². The Morgan fingerprint density at radius 3 is 2.25 bits per heavy atom. The van der Waals surface area contributed by atoms with E-state index in [1.54, 1.807) is 0 Å². The molecule has 0 bridgehead atoms. The first kappa shape index (κ1) is 6.09. The lowest BCUT2D eigenvalue weighted by Crippen LogP contribution is -2.16. The summed E-state index contributed by atoms with van der Waals surface area (Å²) in [7, 11) is 0. The molecule has 1 heteroatoms. The number of ether oxygens (including phenoxy) is 1. The Kier molecular flexibility index (Phi) is 1.31. The molecule has 0 aliphatic carbocycles. The summed E-state index contributed by atoms with van der Waals surface area (Å²) < 4.78 is 5.45. The Hall–Kier alpha value is -0.0400. The fourth-order valence-corrected chi connectivity index (χ4v) is 1.32.